The molecule has 0 spiro atoms. The van der Waals surface area contributed by atoms with E-state index >= 15 is 0 Å². The summed E-state index contributed by atoms with van der Waals surface area (Å²) in [7, 11) is 0. The van der Waals surface area contributed by atoms with Gasteiger partial charge < -0.3 is 10.6 Å². The molecule has 0 atom stereocenters. The molecular weight excluding hydrogens is 556 g/mol. The fourth-order valence-electron chi connectivity index (χ4n) is 6.44. The average Bonchev–Trinajstić information content (AvgIpc) is 3.73. The molecule has 222 valence electrons. The third kappa shape index (κ3) is 4.95. The SMILES string of the molecule is O=C(c1cccc2c1ncn2C(=O)c1ccc(C(=O)n2cnc3c(C(=O)C4CCNCC4)cccc32)cc1)C1CCNCC1. The predicted molar refractivity (Wildman–Crippen MR) is 165 cm³/mol. The zero-order valence-electron chi connectivity index (χ0n) is 24.2. The van der Waals surface area contributed by atoms with Crippen LogP contribution in [0.2, 0.25) is 0 Å². The number of Topliss-reactive ketones (excluding diaryl/α,β-unsaturated/α-hetero) is 2. The maximum Gasteiger partial charge on any atom is 0.263 e. The number of fused-ring (bicyclic) bond motifs is 2. The molecule has 2 saturated heterocycles. The fraction of sp³-hybridized carbons (Fsp3) is 0.294. The maximum absolute atomic E-state index is 13.5. The van der Waals surface area contributed by atoms with Gasteiger partial charge in [-0.1, -0.05) is 12.1 Å². The van der Waals surface area contributed by atoms with Crippen LogP contribution in [0.5, 0.6) is 0 Å². The van der Waals surface area contributed by atoms with Crippen LogP contribution in [0.3, 0.4) is 0 Å². The topological polar surface area (TPSA) is 128 Å². The molecule has 0 aliphatic carbocycles. The molecule has 4 heterocycles. The molecule has 5 aromatic rings. The maximum atomic E-state index is 13.5. The van der Waals surface area contributed by atoms with E-state index in [1.165, 1.54) is 21.8 Å². The second-order valence-corrected chi connectivity index (χ2v) is 11.5. The molecule has 10 heteroatoms. The van der Waals surface area contributed by atoms with Crippen molar-refractivity contribution in [2.24, 2.45) is 11.8 Å². The molecule has 0 bridgehead atoms. The standard InChI is InChI=1S/C34H32N6O4/c41-31(21-11-15-35-16-12-21)25-3-1-5-27-29(25)37-19-39(27)33(43)23-7-9-24(10-8-23)34(44)40-20-38-30-26(4-2-6-28(30)40)32(42)22-13-17-36-18-14-22/h1-10,19-22,35-36H,11-18H2. The molecule has 2 aliphatic heterocycles. The Kier molecular flexibility index (Phi) is 7.45. The summed E-state index contributed by atoms with van der Waals surface area (Å²) in [6, 6.07) is 17.1. The molecule has 10 nitrogen and oxygen atoms in total. The van der Waals surface area contributed by atoms with Crippen LogP contribution in [-0.4, -0.2) is 68.7 Å². The van der Waals surface area contributed by atoms with Crippen LogP contribution in [0.4, 0.5) is 0 Å². The first-order valence-corrected chi connectivity index (χ1v) is 15.1. The summed E-state index contributed by atoms with van der Waals surface area (Å²) >= 11 is 0. The Balaban J connectivity index is 1.12. The molecule has 2 aromatic heterocycles. The van der Waals surface area contributed by atoms with Gasteiger partial charge >= 0.3 is 0 Å². The Morgan fingerprint density at radius 2 is 0.955 bits per heavy atom. The lowest BCUT2D eigenvalue weighted by Gasteiger charge is -2.21. The highest BCUT2D eigenvalue weighted by molar-refractivity contribution is 6.11. The second-order valence-electron chi connectivity index (χ2n) is 11.5. The monoisotopic (exact) mass is 588 g/mol. The van der Waals surface area contributed by atoms with Crippen LogP contribution in [0.1, 0.15) is 67.1 Å². The Labute approximate surface area is 253 Å². The summed E-state index contributed by atoms with van der Waals surface area (Å²) < 4.78 is 2.88. The fourth-order valence-corrected chi connectivity index (χ4v) is 6.44. The molecule has 0 unspecified atom stereocenters. The van der Waals surface area contributed by atoms with Crippen molar-refractivity contribution in [3.63, 3.8) is 0 Å². The summed E-state index contributed by atoms with van der Waals surface area (Å²) in [5, 5.41) is 6.57. The minimum Gasteiger partial charge on any atom is -0.317 e. The van der Waals surface area contributed by atoms with E-state index < -0.39 is 0 Å². The number of nitrogens with zero attached hydrogens (tertiary/aromatic N) is 4. The van der Waals surface area contributed by atoms with Gasteiger partial charge in [-0.25, -0.2) is 9.97 Å². The highest BCUT2D eigenvalue weighted by Gasteiger charge is 2.27. The van der Waals surface area contributed by atoms with E-state index in [1.807, 2.05) is 0 Å². The van der Waals surface area contributed by atoms with Crippen molar-refractivity contribution in [3.8, 4) is 0 Å². The van der Waals surface area contributed by atoms with Crippen molar-refractivity contribution in [3.05, 3.63) is 95.6 Å². The summed E-state index contributed by atoms with van der Waals surface area (Å²) in [6.07, 6.45) is 6.04. The third-order valence-corrected chi connectivity index (χ3v) is 8.92. The number of aromatic nitrogens is 4. The number of carbonyl (C=O) groups excluding carboxylic acids is 4. The normalized spacial score (nSPS) is 16.4. The van der Waals surface area contributed by atoms with E-state index in [4.69, 9.17) is 0 Å². The molecule has 3 aromatic carbocycles. The van der Waals surface area contributed by atoms with Gasteiger partial charge in [0.1, 0.15) is 12.7 Å². The Bertz CT molecular complexity index is 1770. The molecular formula is C34H32N6O4. The summed E-state index contributed by atoms with van der Waals surface area (Å²) in [4.78, 5) is 62.4. The van der Waals surface area contributed by atoms with Gasteiger partial charge in [-0.15, -0.1) is 0 Å². The molecule has 7 rings (SSSR count). The summed E-state index contributed by atoms with van der Waals surface area (Å²) in [5.74, 6) is -0.608. The Hall–Kier alpha value is -4.80. The Morgan fingerprint density at radius 3 is 1.34 bits per heavy atom. The van der Waals surface area contributed by atoms with Crippen molar-refractivity contribution >= 4 is 45.4 Å². The largest absolute Gasteiger partial charge is 0.317 e. The first-order valence-electron chi connectivity index (χ1n) is 15.1. The Morgan fingerprint density at radius 1 is 0.568 bits per heavy atom. The van der Waals surface area contributed by atoms with Crippen LogP contribution < -0.4 is 10.6 Å². The highest BCUT2D eigenvalue weighted by Crippen LogP contribution is 2.27. The summed E-state index contributed by atoms with van der Waals surface area (Å²) in [5.41, 5.74) is 3.99. The minimum absolute atomic E-state index is 0.0538. The number of benzene rings is 3. The van der Waals surface area contributed by atoms with Crippen molar-refractivity contribution in [1.29, 1.82) is 0 Å². The smallest absolute Gasteiger partial charge is 0.263 e. The lowest BCUT2D eigenvalue weighted by Crippen LogP contribution is -2.32. The third-order valence-electron chi connectivity index (χ3n) is 8.92. The average molecular weight is 589 g/mol. The molecule has 0 radical (unpaired) electrons. The lowest BCUT2D eigenvalue weighted by atomic mass is 9.89. The van der Waals surface area contributed by atoms with Gasteiger partial charge in [0.05, 0.1) is 22.1 Å². The quantitative estimate of drug-likeness (QED) is 0.284. The number of carbonyl (C=O) groups is 4. The van der Waals surface area contributed by atoms with Crippen LogP contribution in [0.25, 0.3) is 22.1 Å². The van der Waals surface area contributed by atoms with Crippen LogP contribution in [0.15, 0.2) is 73.3 Å². The first-order chi connectivity index (χ1) is 21.5. The van der Waals surface area contributed by atoms with Gasteiger partial charge in [0.25, 0.3) is 11.8 Å². The zero-order valence-corrected chi connectivity index (χ0v) is 24.2. The minimum atomic E-state index is -0.313. The molecule has 0 saturated carbocycles. The molecule has 0 amide bonds. The summed E-state index contributed by atoms with van der Waals surface area (Å²) in [6.45, 7) is 3.25. The number of hydrogen-bond donors (Lipinski definition) is 2. The predicted octanol–water partition coefficient (Wildman–Crippen LogP) is 4.13. The second kappa shape index (κ2) is 11.7. The van der Waals surface area contributed by atoms with Crippen molar-refractivity contribution < 1.29 is 19.2 Å². The lowest BCUT2D eigenvalue weighted by molar-refractivity contribution is 0.0889. The molecule has 2 aliphatic rings. The van der Waals surface area contributed by atoms with E-state index in [1.54, 1.807) is 60.7 Å². The van der Waals surface area contributed by atoms with Crippen LogP contribution >= 0.6 is 0 Å². The number of hydrogen-bond acceptors (Lipinski definition) is 8. The van der Waals surface area contributed by atoms with Gasteiger partial charge in [-0.05, 0) is 100 Å². The van der Waals surface area contributed by atoms with Crippen LogP contribution in [-0.2, 0) is 0 Å². The van der Waals surface area contributed by atoms with E-state index in [0.29, 0.717) is 44.3 Å². The number of rotatable bonds is 6. The van der Waals surface area contributed by atoms with Gasteiger partial charge in [0.15, 0.2) is 11.6 Å². The highest BCUT2D eigenvalue weighted by atomic mass is 16.2. The van der Waals surface area contributed by atoms with E-state index in [-0.39, 0.29) is 35.2 Å². The van der Waals surface area contributed by atoms with Crippen molar-refractivity contribution in [2.45, 2.75) is 25.7 Å². The van der Waals surface area contributed by atoms with Gasteiger partial charge in [0.2, 0.25) is 0 Å². The van der Waals surface area contributed by atoms with Gasteiger partial charge in [-0.3, -0.25) is 28.3 Å². The van der Waals surface area contributed by atoms with Crippen LogP contribution in [0, 0.1) is 11.8 Å². The number of ketones is 2. The van der Waals surface area contributed by atoms with E-state index in [9.17, 15) is 19.2 Å². The number of piperidine rings is 2. The number of imidazole rings is 2. The van der Waals surface area contributed by atoms with E-state index in [0.717, 1.165) is 51.9 Å². The number of para-hydroxylation sites is 2. The van der Waals surface area contributed by atoms with Crippen molar-refractivity contribution in [1.82, 2.24) is 29.7 Å². The van der Waals surface area contributed by atoms with Gasteiger partial charge in [0, 0.05) is 34.1 Å². The van der Waals surface area contributed by atoms with Gasteiger partial charge in [-0.2, -0.15) is 0 Å². The first kappa shape index (κ1) is 28.0. The zero-order chi connectivity index (χ0) is 30.2. The molecule has 2 fully saturated rings. The van der Waals surface area contributed by atoms with E-state index in [2.05, 4.69) is 20.6 Å². The number of nitrogens with one attached hydrogen (secondary N) is 2. The molecule has 2 N–H and O–H groups in total. The van der Waals surface area contributed by atoms with Crippen molar-refractivity contribution in [2.75, 3.05) is 26.2 Å². The molecule has 44 heavy (non-hydrogen) atoms.